The molecule has 120 valence electrons. The van der Waals surface area contributed by atoms with Crippen molar-refractivity contribution >= 4 is 34.7 Å². The number of ether oxygens (including phenoxy) is 2. The fraction of sp³-hybridized carbons (Fsp3) is 0.143. The Balaban J connectivity index is 1.94. The van der Waals surface area contributed by atoms with Crippen molar-refractivity contribution < 1.29 is 23.5 Å². The van der Waals surface area contributed by atoms with Crippen molar-refractivity contribution in [2.24, 2.45) is 5.10 Å². The third-order valence-electron chi connectivity index (χ3n) is 2.56. The fourth-order valence-corrected chi connectivity index (χ4v) is 1.97. The SMILES string of the molecule is COc1ccc(N/N=C(\C)OC(=O)C(=O)c2csc(=N)o2)cc1. The Morgan fingerprint density at radius 3 is 2.57 bits per heavy atom. The third kappa shape index (κ3) is 4.51. The van der Waals surface area contributed by atoms with Gasteiger partial charge in [-0.2, -0.15) is 0 Å². The van der Waals surface area contributed by atoms with Gasteiger partial charge in [0.1, 0.15) is 5.75 Å². The standard InChI is InChI=1S/C14H13N3O5S/c1-8(16-17-9-3-5-10(20-2)6-4-9)21-13(19)12(18)11-7-23-14(15)22-11/h3-7,15,17H,1-2H3/b15-14?,16-8+. The summed E-state index contributed by atoms with van der Waals surface area (Å²) >= 11 is 0.898. The van der Waals surface area contributed by atoms with Crippen LogP contribution in [-0.2, 0) is 9.53 Å². The zero-order valence-corrected chi connectivity index (χ0v) is 13.1. The third-order valence-corrected chi connectivity index (χ3v) is 3.19. The van der Waals surface area contributed by atoms with Gasteiger partial charge in [0.2, 0.25) is 5.90 Å². The Morgan fingerprint density at radius 2 is 2.00 bits per heavy atom. The lowest BCUT2D eigenvalue weighted by Gasteiger charge is -2.04. The Morgan fingerprint density at radius 1 is 1.30 bits per heavy atom. The molecule has 1 heterocycles. The summed E-state index contributed by atoms with van der Waals surface area (Å²) in [6.07, 6.45) is 0. The Labute approximate surface area is 134 Å². The summed E-state index contributed by atoms with van der Waals surface area (Å²) in [4.78, 5) is 23.2. The Kier molecular flexibility index (Phi) is 5.26. The number of esters is 1. The number of anilines is 1. The summed E-state index contributed by atoms with van der Waals surface area (Å²) in [7, 11) is 1.56. The summed E-state index contributed by atoms with van der Waals surface area (Å²) in [5.74, 6) is -1.69. The lowest BCUT2D eigenvalue weighted by atomic mass is 10.3. The van der Waals surface area contributed by atoms with Crippen LogP contribution in [0.25, 0.3) is 0 Å². The predicted octanol–water partition coefficient (Wildman–Crippen LogP) is 2.00. The number of Topliss-reactive ketones (excluding diaryl/α,β-unsaturated/α-hetero) is 1. The number of carbonyl (C=O) groups is 2. The lowest BCUT2D eigenvalue weighted by Crippen LogP contribution is -2.20. The molecule has 0 unspecified atom stereocenters. The molecule has 0 radical (unpaired) electrons. The fourth-order valence-electron chi connectivity index (χ4n) is 1.47. The molecule has 0 saturated carbocycles. The quantitative estimate of drug-likeness (QED) is 0.216. The number of carbonyl (C=O) groups excluding carboxylic acids is 2. The van der Waals surface area contributed by atoms with Gasteiger partial charge in [0.05, 0.1) is 12.8 Å². The molecule has 0 fully saturated rings. The normalized spacial score (nSPS) is 11.0. The van der Waals surface area contributed by atoms with Gasteiger partial charge < -0.3 is 13.9 Å². The molecule has 0 bridgehead atoms. The average molecular weight is 335 g/mol. The first-order valence-electron chi connectivity index (χ1n) is 6.33. The molecular weight excluding hydrogens is 322 g/mol. The second-order valence-corrected chi connectivity index (χ2v) is 5.02. The molecule has 1 aromatic heterocycles. The number of hydrogen-bond donors (Lipinski definition) is 2. The summed E-state index contributed by atoms with van der Waals surface area (Å²) in [5.41, 5.74) is 3.33. The molecule has 0 amide bonds. The van der Waals surface area contributed by atoms with Crippen molar-refractivity contribution in [1.82, 2.24) is 0 Å². The second kappa shape index (κ2) is 7.36. The molecule has 0 atom stereocenters. The number of hydrazone groups is 1. The number of rotatable bonds is 5. The summed E-state index contributed by atoms with van der Waals surface area (Å²) in [6, 6.07) is 6.92. The van der Waals surface area contributed by atoms with Gasteiger partial charge in [-0.3, -0.25) is 15.6 Å². The summed E-state index contributed by atoms with van der Waals surface area (Å²) in [6.45, 7) is 1.42. The monoisotopic (exact) mass is 335 g/mol. The topological polar surface area (TPSA) is 114 Å². The van der Waals surface area contributed by atoms with Crippen LogP contribution >= 0.6 is 11.3 Å². The lowest BCUT2D eigenvalue weighted by molar-refractivity contribution is -0.130. The van der Waals surface area contributed by atoms with Crippen LogP contribution in [0.4, 0.5) is 5.69 Å². The van der Waals surface area contributed by atoms with Crippen molar-refractivity contribution in [2.45, 2.75) is 6.92 Å². The molecule has 2 rings (SSSR count). The van der Waals surface area contributed by atoms with E-state index in [1.54, 1.807) is 31.4 Å². The van der Waals surface area contributed by atoms with Gasteiger partial charge in [0, 0.05) is 12.3 Å². The molecule has 2 N–H and O–H groups in total. The van der Waals surface area contributed by atoms with E-state index in [9.17, 15) is 9.59 Å². The molecule has 1 aromatic carbocycles. The van der Waals surface area contributed by atoms with Crippen molar-refractivity contribution in [2.75, 3.05) is 12.5 Å². The van der Waals surface area contributed by atoms with Crippen LogP contribution in [0.3, 0.4) is 0 Å². The van der Waals surface area contributed by atoms with E-state index in [4.69, 9.17) is 19.3 Å². The van der Waals surface area contributed by atoms with Crippen molar-refractivity contribution in [3.05, 3.63) is 40.3 Å². The number of ketones is 1. The molecule has 0 aliphatic heterocycles. The van der Waals surface area contributed by atoms with E-state index in [0.717, 1.165) is 11.3 Å². The van der Waals surface area contributed by atoms with Crippen LogP contribution in [0.15, 0.2) is 39.2 Å². The Hall–Kier alpha value is -2.94. The van der Waals surface area contributed by atoms with Gasteiger partial charge in [0.25, 0.3) is 4.87 Å². The molecule has 0 saturated heterocycles. The van der Waals surface area contributed by atoms with E-state index < -0.39 is 11.8 Å². The number of nitrogens with one attached hydrogen (secondary N) is 2. The van der Waals surface area contributed by atoms with Gasteiger partial charge >= 0.3 is 11.8 Å². The molecule has 0 aliphatic carbocycles. The van der Waals surface area contributed by atoms with E-state index in [-0.39, 0.29) is 16.5 Å². The minimum atomic E-state index is -1.13. The van der Waals surface area contributed by atoms with Crippen LogP contribution in [-0.4, -0.2) is 24.8 Å². The zero-order valence-electron chi connectivity index (χ0n) is 12.3. The van der Waals surface area contributed by atoms with Gasteiger partial charge in [-0.05, 0) is 24.3 Å². The minimum Gasteiger partial charge on any atom is -0.497 e. The highest BCUT2D eigenvalue weighted by molar-refractivity contribution is 7.07. The van der Waals surface area contributed by atoms with Crippen molar-refractivity contribution in [1.29, 1.82) is 5.41 Å². The average Bonchev–Trinajstić information content (AvgIpc) is 2.99. The highest BCUT2D eigenvalue weighted by atomic mass is 32.1. The van der Waals surface area contributed by atoms with Crippen molar-refractivity contribution in [3.63, 3.8) is 0 Å². The van der Waals surface area contributed by atoms with Crippen LogP contribution in [0.2, 0.25) is 0 Å². The van der Waals surface area contributed by atoms with Gasteiger partial charge in [0.15, 0.2) is 5.76 Å². The molecule has 9 heteroatoms. The molecule has 2 aromatic rings. The largest absolute Gasteiger partial charge is 0.497 e. The second-order valence-electron chi connectivity index (χ2n) is 4.18. The first-order chi connectivity index (χ1) is 11.0. The number of nitrogens with zero attached hydrogens (tertiary/aromatic N) is 1. The van der Waals surface area contributed by atoms with Crippen LogP contribution in [0.5, 0.6) is 5.75 Å². The maximum atomic E-state index is 11.7. The van der Waals surface area contributed by atoms with Gasteiger partial charge in [-0.1, -0.05) is 11.3 Å². The highest BCUT2D eigenvalue weighted by Crippen LogP contribution is 2.14. The highest BCUT2D eigenvalue weighted by Gasteiger charge is 2.22. The van der Waals surface area contributed by atoms with E-state index in [0.29, 0.717) is 11.4 Å². The van der Waals surface area contributed by atoms with Gasteiger partial charge in [-0.15, -0.1) is 5.10 Å². The van der Waals surface area contributed by atoms with Crippen LogP contribution in [0, 0.1) is 5.41 Å². The van der Waals surface area contributed by atoms with Gasteiger partial charge in [-0.25, -0.2) is 4.79 Å². The van der Waals surface area contributed by atoms with Crippen LogP contribution in [0.1, 0.15) is 17.5 Å². The van der Waals surface area contributed by atoms with Crippen LogP contribution < -0.4 is 15.0 Å². The molecule has 0 aliphatic rings. The summed E-state index contributed by atoms with van der Waals surface area (Å²) in [5, 5.41) is 12.3. The predicted molar refractivity (Wildman–Crippen MR) is 82.6 cm³/mol. The summed E-state index contributed by atoms with van der Waals surface area (Å²) < 4.78 is 14.6. The smallest absolute Gasteiger partial charge is 0.389 e. The van der Waals surface area contributed by atoms with E-state index in [1.165, 1.54) is 12.3 Å². The minimum absolute atomic E-state index is 0.0412. The molecule has 8 nitrogen and oxygen atoms in total. The van der Waals surface area contributed by atoms with E-state index >= 15 is 0 Å². The first-order valence-corrected chi connectivity index (χ1v) is 7.21. The maximum Gasteiger partial charge on any atom is 0.389 e. The van der Waals surface area contributed by atoms with E-state index in [2.05, 4.69) is 10.5 Å². The zero-order chi connectivity index (χ0) is 16.8. The first kappa shape index (κ1) is 16.4. The number of benzene rings is 1. The molecular formula is C14H13N3O5S. The number of methoxy groups -OCH3 is 1. The molecule has 0 spiro atoms. The maximum absolute atomic E-state index is 11.7. The number of hydrogen-bond acceptors (Lipinski definition) is 9. The van der Waals surface area contributed by atoms with E-state index in [1.807, 2.05) is 0 Å². The molecule has 23 heavy (non-hydrogen) atoms. The Bertz CT molecular complexity index is 791. The van der Waals surface area contributed by atoms with Crippen molar-refractivity contribution in [3.8, 4) is 5.75 Å².